The van der Waals surface area contributed by atoms with Crippen molar-refractivity contribution < 1.29 is 42.1 Å². The van der Waals surface area contributed by atoms with E-state index in [1.165, 1.54) is 20.3 Å². The molecule has 0 aromatic heterocycles. The number of halogens is 3. The molecule has 17 heavy (non-hydrogen) atoms. The zero-order valence-electron chi connectivity index (χ0n) is 10.0. The largest absolute Gasteiger partial charge is 0.497 e. The number of alkyl halides is 3. The molecule has 0 spiro atoms. The molecule has 0 saturated heterocycles. The molecule has 0 saturated carbocycles. The molecule has 0 heterocycles. The molecule has 0 bridgehead atoms. The van der Waals surface area contributed by atoms with Gasteiger partial charge in [0.05, 0.1) is 19.8 Å². The Bertz CT molecular complexity index is 378. The van der Waals surface area contributed by atoms with Crippen molar-refractivity contribution in [1.82, 2.24) is 0 Å². The van der Waals surface area contributed by atoms with Gasteiger partial charge in [0.1, 0.15) is 11.5 Å². The van der Waals surface area contributed by atoms with Gasteiger partial charge in [-0.05, 0) is 12.5 Å². The van der Waals surface area contributed by atoms with E-state index in [0.717, 1.165) is 6.07 Å². The van der Waals surface area contributed by atoms with Crippen molar-refractivity contribution >= 4 is 0 Å². The van der Waals surface area contributed by atoms with E-state index >= 15 is 0 Å². The van der Waals surface area contributed by atoms with Gasteiger partial charge in [-0.1, -0.05) is 6.92 Å². The maximum atomic E-state index is 12.8. The normalized spacial score (nSPS) is 10.7. The summed E-state index contributed by atoms with van der Waals surface area (Å²) in [5, 5.41) is 0. The van der Waals surface area contributed by atoms with E-state index < -0.39 is 11.7 Å². The number of hydrogen-bond donors (Lipinski definition) is 0. The molecule has 1 aromatic rings. The van der Waals surface area contributed by atoms with Gasteiger partial charge in [-0.15, -0.1) is 0 Å². The summed E-state index contributed by atoms with van der Waals surface area (Å²) in [7, 11) is 2.66. The van der Waals surface area contributed by atoms with Crippen molar-refractivity contribution in [3.05, 3.63) is 23.3 Å². The van der Waals surface area contributed by atoms with Crippen molar-refractivity contribution in [2.24, 2.45) is 0 Å². The number of benzene rings is 1. The van der Waals surface area contributed by atoms with Crippen LogP contribution in [0.1, 0.15) is 18.1 Å². The molecular weight excluding hydrogens is 287 g/mol. The van der Waals surface area contributed by atoms with Crippen LogP contribution >= 0.6 is 0 Å². The van der Waals surface area contributed by atoms with E-state index in [4.69, 9.17) is 9.47 Å². The minimum Gasteiger partial charge on any atom is -0.497 e. The van der Waals surface area contributed by atoms with E-state index in [9.17, 15) is 13.2 Å². The summed E-state index contributed by atoms with van der Waals surface area (Å²) in [6.07, 6.45) is -4.14. The van der Waals surface area contributed by atoms with Crippen LogP contribution < -0.4 is 9.47 Å². The van der Waals surface area contributed by atoms with Gasteiger partial charge in [0.25, 0.3) is 0 Å². The van der Waals surface area contributed by atoms with Crippen LogP contribution in [-0.4, -0.2) is 14.2 Å². The Hall–Kier alpha value is -0.767. The Kier molecular flexibility index (Phi) is 5.96. The van der Waals surface area contributed by atoms with E-state index in [2.05, 4.69) is 0 Å². The minimum atomic E-state index is -4.40. The molecule has 0 unspecified atom stereocenters. The summed E-state index contributed by atoms with van der Waals surface area (Å²) in [5.41, 5.74) is -0.554. The number of rotatable bonds is 3. The Balaban J connectivity index is 0.00000256. The third kappa shape index (κ3) is 3.60. The predicted molar refractivity (Wildman–Crippen MR) is 53.9 cm³/mol. The van der Waals surface area contributed by atoms with Gasteiger partial charge >= 0.3 is 6.18 Å². The number of methoxy groups -OCH3 is 2. The van der Waals surface area contributed by atoms with Gasteiger partial charge < -0.3 is 9.47 Å². The zero-order chi connectivity index (χ0) is 12.3. The molecule has 0 aliphatic carbocycles. The first-order valence-electron chi connectivity index (χ1n) is 4.76. The van der Waals surface area contributed by atoms with E-state index in [0.29, 0.717) is 0 Å². The summed E-state index contributed by atoms with van der Waals surface area (Å²) in [5.74, 6) is 0.343. The minimum absolute atomic E-state index is 0. The van der Waals surface area contributed by atoms with Gasteiger partial charge in [0.2, 0.25) is 0 Å². The molecule has 92 valence electrons. The van der Waals surface area contributed by atoms with Gasteiger partial charge in [-0.3, -0.25) is 0 Å². The topological polar surface area (TPSA) is 18.5 Å². The first kappa shape index (κ1) is 16.2. The van der Waals surface area contributed by atoms with Crippen molar-refractivity contribution in [1.29, 1.82) is 0 Å². The third-order valence-corrected chi connectivity index (χ3v) is 2.30. The Morgan fingerprint density at radius 1 is 1.12 bits per heavy atom. The standard InChI is InChI=1S/C11H13F3O2.Zn/c1-4-8-9(11(12,13)14)5-7(15-2)6-10(8)16-3;/h5-6H,4H2,1-3H3;. The summed E-state index contributed by atoms with van der Waals surface area (Å²) < 4.78 is 48.0. The molecule has 1 aromatic carbocycles. The summed E-state index contributed by atoms with van der Waals surface area (Å²) >= 11 is 0. The number of hydrogen-bond acceptors (Lipinski definition) is 2. The number of ether oxygens (including phenoxy) is 2. The van der Waals surface area contributed by atoms with Gasteiger partial charge in [-0.2, -0.15) is 13.2 Å². The molecule has 0 radical (unpaired) electrons. The second-order valence-corrected chi connectivity index (χ2v) is 3.21. The van der Waals surface area contributed by atoms with Crippen molar-refractivity contribution in [2.45, 2.75) is 19.5 Å². The van der Waals surface area contributed by atoms with Crippen LogP contribution in [0.3, 0.4) is 0 Å². The van der Waals surface area contributed by atoms with E-state index in [-0.39, 0.29) is 43.0 Å². The molecule has 0 fully saturated rings. The Labute approximate surface area is 111 Å². The maximum absolute atomic E-state index is 12.8. The maximum Gasteiger partial charge on any atom is 0.416 e. The van der Waals surface area contributed by atoms with Gasteiger partial charge in [0, 0.05) is 31.1 Å². The fourth-order valence-corrected chi connectivity index (χ4v) is 1.54. The SMILES string of the molecule is CCc1c(OC)cc(OC)cc1C(F)(F)F.[Zn]. The quantitative estimate of drug-likeness (QED) is 0.798. The van der Waals surface area contributed by atoms with Crippen molar-refractivity contribution in [3.8, 4) is 11.5 Å². The van der Waals surface area contributed by atoms with Crippen molar-refractivity contribution in [2.75, 3.05) is 14.2 Å². The average molecular weight is 300 g/mol. The Morgan fingerprint density at radius 2 is 1.71 bits per heavy atom. The monoisotopic (exact) mass is 298 g/mol. The second-order valence-electron chi connectivity index (χ2n) is 3.21. The molecule has 0 aliphatic rings. The summed E-state index contributed by atoms with van der Waals surface area (Å²) in [6.45, 7) is 1.65. The molecule has 0 N–H and O–H groups in total. The Morgan fingerprint density at radius 3 is 2.06 bits per heavy atom. The average Bonchev–Trinajstić information content (AvgIpc) is 2.25. The van der Waals surface area contributed by atoms with Gasteiger partial charge in [-0.25, -0.2) is 0 Å². The van der Waals surface area contributed by atoms with E-state index in [1.54, 1.807) is 6.92 Å². The molecule has 0 amide bonds. The van der Waals surface area contributed by atoms with Gasteiger partial charge in [0.15, 0.2) is 0 Å². The van der Waals surface area contributed by atoms with Crippen LogP contribution in [-0.2, 0) is 32.1 Å². The van der Waals surface area contributed by atoms with Crippen LogP contribution in [0.4, 0.5) is 13.2 Å². The van der Waals surface area contributed by atoms with Crippen LogP contribution in [0.5, 0.6) is 11.5 Å². The fourth-order valence-electron chi connectivity index (χ4n) is 1.54. The predicted octanol–water partition coefficient (Wildman–Crippen LogP) is 3.28. The van der Waals surface area contributed by atoms with Crippen LogP contribution in [0, 0.1) is 0 Å². The molecule has 6 heteroatoms. The summed E-state index contributed by atoms with van der Waals surface area (Å²) in [4.78, 5) is 0. The molecule has 1 rings (SSSR count). The van der Waals surface area contributed by atoms with Crippen LogP contribution in [0.25, 0.3) is 0 Å². The van der Waals surface area contributed by atoms with Crippen molar-refractivity contribution in [3.63, 3.8) is 0 Å². The van der Waals surface area contributed by atoms with Crippen LogP contribution in [0.15, 0.2) is 12.1 Å². The zero-order valence-corrected chi connectivity index (χ0v) is 13.0. The smallest absolute Gasteiger partial charge is 0.416 e. The fraction of sp³-hybridized carbons (Fsp3) is 0.455. The first-order chi connectivity index (χ1) is 7.43. The molecule has 0 aliphatic heterocycles. The first-order valence-corrected chi connectivity index (χ1v) is 4.76. The second kappa shape index (κ2) is 6.24. The van der Waals surface area contributed by atoms with E-state index in [1.807, 2.05) is 0 Å². The summed E-state index contributed by atoms with van der Waals surface area (Å²) in [6, 6.07) is 2.44. The molecule has 0 atom stereocenters. The molecular formula is C11H13F3O2Zn. The van der Waals surface area contributed by atoms with Crippen LogP contribution in [0.2, 0.25) is 0 Å². The third-order valence-electron chi connectivity index (χ3n) is 2.30. The molecule has 2 nitrogen and oxygen atoms in total.